The van der Waals surface area contributed by atoms with Gasteiger partial charge in [0.25, 0.3) is 5.91 Å². The zero-order valence-electron chi connectivity index (χ0n) is 13.5. The molecule has 0 radical (unpaired) electrons. The van der Waals surface area contributed by atoms with Crippen LogP contribution in [0, 0.1) is 0 Å². The second-order valence-corrected chi connectivity index (χ2v) is 5.94. The molecule has 8 heteroatoms. The van der Waals surface area contributed by atoms with E-state index in [9.17, 15) is 4.79 Å². The fourth-order valence-electron chi connectivity index (χ4n) is 3.12. The number of pyridine rings is 1. The summed E-state index contributed by atoms with van der Waals surface area (Å²) in [5.74, 6) is 0.708. The summed E-state index contributed by atoms with van der Waals surface area (Å²) in [6, 6.07) is 3.58. The van der Waals surface area contributed by atoms with Crippen LogP contribution in [-0.2, 0) is 0 Å². The van der Waals surface area contributed by atoms with Crippen molar-refractivity contribution >= 4 is 22.6 Å². The predicted molar refractivity (Wildman–Crippen MR) is 92.1 cm³/mol. The Bertz CT molecular complexity index is 881. The Morgan fingerprint density at radius 3 is 2.92 bits per heavy atom. The first-order chi connectivity index (χ1) is 12.3. The first-order valence-electron chi connectivity index (χ1n) is 8.18. The summed E-state index contributed by atoms with van der Waals surface area (Å²) in [6.45, 7) is 1.60. The minimum Gasteiger partial charge on any atom is -0.354 e. The van der Waals surface area contributed by atoms with E-state index in [1.165, 1.54) is 6.33 Å². The molecule has 0 saturated carbocycles. The second-order valence-electron chi connectivity index (χ2n) is 5.94. The topological polar surface area (TPSA) is 96.8 Å². The summed E-state index contributed by atoms with van der Waals surface area (Å²) < 4.78 is 0. The van der Waals surface area contributed by atoms with Crippen LogP contribution in [0.3, 0.4) is 0 Å². The van der Waals surface area contributed by atoms with E-state index in [0.29, 0.717) is 12.2 Å². The van der Waals surface area contributed by atoms with Crippen molar-refractivity contribution in [3.63, 3.8) is 0 Å². The number of anilines is 1. The minimum atomic E-state index is -0.175. The molecule has 1 unspecified atom stereocenters. The van der Waals surface area contributed by atoms with Gasteiger partial charge in [-0.05, 0) is 25.0 Å². The molecule has 3 aromatic rings. The zero-order valence-corrected chi connectivity index (χ0v) is 13.5. The SMILES string of the molecule is O=C(NC1CCCN(c2ncnc3cnccc23)C1)c1ccncn1. The van der Waals surface area contributed by atoms with Gasteiger partial charge in [0, 0.05) is 36.9 Å². The molecule has 4 rings (SSSR count). The molecule has 0 bridgehead atoms. The molecule has 0 aromatic carbocycles. The molecule has 1 aliphatic heterocycles. The van der Waals surface area contributed by atoms with Crippen LogP contribution in [0.2, 0.25) is 0 Å². The third kappa shape index (κ3) is 3.23. The van der Waals surface area contributed by atoms with Gasteiger partial charge in [-0.15, -0.1) is 0 Å². The van der Waals surface area contributed by atoms with Gasteiger partial charge in [0.1, 0.15) is 24.2 Å². The van der Waals surface area contributed by atoms with Crippen molar-refractivity contribution in [1.29, 1.82) is 0 Å². The van der Waals surface area contributed by atoms with E-state index in [1.54, 1.807) is 31.0 Å². The maximum absolute atomic E-state index is 12.3. The summed E-state index contributed by atoms with van der Waals surface area (Å²) in [4.78, 5) is 35.2. The lowest BCUT2D eigenvalue weighted by Gasteiger charge is -2.34. The molecular weight excluding hydrogens is 318 g/mol. The maximum atomic E-state index is 12.3. The van der Waals surface area contributed by atoms with Crippen LogP contribution < -0.4 is 10.2 Å². The van der Waals surface area contributed by atoms with Crippen molar-refractivity contribution in [2.45, 2.75) is 18.9 Å². The van der Waals surface area contributed by atoms with Crippen molar-refractivity contribution in [3.05, 3.63) is 49.1 Å². The van der Waals surface area contributed by atoms with E-state index in [2.05, 4.69) is 35.1 Å². The highest BCUT2D eigenvalue weighted by atomic mass is 16.1. The number of nitrogens with zero attached hydrogens (tertiary/aromatic N) is 6. The number of nitrogens with one attached hydrogen (secondary N) is 1. The van der Waals surface area contributed by atoms with Crippen LogP contribution in [-0.4, -0.2) is 50.0 Å². The van der Waals surface area contributed by atoms with Crippen molar-refractivity contribution in [3.8, 4) is 0 Å². The molecule has 3 aromatic heterocycles. The molecule has 126 valence electrons. The number of fused-ring (bicyclic) bond motifs is 1. The molecule has 1 atom stereocenters. The highest BCUT2D eigenvalue weighted by molar-refractivity contribution is 5.92. The van der Waals surface area contributed by atoms with Gasteiger partial charge in [-0.25, -0.2) is 19.9 Å². The van der Waals surface area contributed by atoms with E-state index in [4.69, 9.17) is 0 Å². The molecule has 1 aliphatic rings. The van der Waals surface area contributed by atoms with Crippen molar-refractivity contribution in [2.24, 2.45) is 0 Å². The van der Waals surface area contributed by atoms with Crippen LogP contribution in [0.4, 0.5) is 5.82 Å². The van der Waals surface area contributed by atoms with Gasteiger partial charge in [0.2, 0.25) is 0 Å². The lowest BCUT2D eigenvalue weighted by atomic mass is 10.0. The van der Waals surface area contributed by atoms with Crippen LogP contribution in [0.15, 0.2) is 43.4 Å². The number of hydrogen-bond donors (Lipinski definition) is 1. The standard InChI is InChI=1S/C17H17N7O/c25-17(14-4-6-19-10-20-14)23-12-2-1-7-24(9-12)16-13-3-5-18-8-15(13)21-11-22-16/h3-6,8,10-12H,1-2,7,9H2,(H,23,25). The van der Waals surface area contributed by atoms with Crippen LogP contribution in [0.5, 0.6) is 0 Å². The van der Waals surface area contributed by atoms with E-state index in [0.717, 1.165) is 36.1 Å². The summed E-state index contributed by atoms with van der Waals surface area (Å²) >= 11 is 0. The average molecular weight is 335 g/mol. The van der Waals surface area contributed by atoms with Crippen molar-refractivity contribution < 1.29 is 4.79 Å². The fourth-order valence-corrected chi connectivity index (χ4v) is 3.12. The van der Waals surface area contributed by atoms with Gasteiger partial charge in [-0.1, -0.05) is 0 Å². The first-order valence-corrected chi connectivity index (χ1v) is 8.18. The molecule has 1 amide bonds. The van der Waals surface area contributed by atoms with Gasteiger partial charge < -0.3 is 10.2 Å². The fraction of sp³-hybridized carbons (Fsp3) is 0.294. The number of carbonyl (C=O) groups is 1. The number of hydrogen-bond acceptors (Lipinski definition) is 7. The lowest BCUT2D eigenvalue weighted by molar-refractivity contribution is 0.0928. The Kier molecular flexibility index (Phi) is 4.16. The molecule has 0 spiro atoms. The van der Waals surface area contributed by atoms with Gasteiger partial charge >= 0.3 is 0 Å². The zero-order chi connectivity index (χ0) is 17.1. The monoisotopic (exact) mass is 335 g/mol. The van der Waals surface area contributed by atoms with Crippen LogP contribution >= 0.6 is 0 Å². The molecule has 1 N–H and O–H groups in total. The molecule has 1 fully saturated rings. The number of aromatic nitrogens is 5. The largest absolute Gasteiger partial charge is 0.354 e. The van der Waals surface area contributed by atoms with E-state index in [1.807, 2.05) is 6.07 Å². The van der Waals surface area contributed by atoms with Gasteiger partial charge in [0.15, 0.2) is 0 Å². The minimum absolute atomic E-state index is 0.0445. The van der Waals surface area contributed by atoms with Gasteiger partial charge in [0.05, 0.1) is 11.7 Å². The maximum Gasteiger partial charge on any atom is 0.270 e. The normalized spacial score (nSPS) is 17.4. The molecule has 1 saturated heterocycles. The number of amides is 1. The Hall–Kier alpha value is -3.16. The third-order valence-electron chi connectivity index (χ3n) is 4.29. The lowest BCUT2D eigenvalue weighted by Crippen LogP contribution is -2.48. The second kappa shape index (κ2) is 6.76. The van der Waals surface area contributed by atoms with Crippen molar-refractivity contribution in [2.75, 3.05) is 18.0 Å². The first kappa shape index (κ1) is 15.4. The van der Waals surface area contributed by atoms with Crippen LogP contribution in [0.1, 0.15) is 23.3 Å². The summed E-state index contributed by atoms with van der Waals surface area (Å²) in [6.07, 6.45) is 9.89. The van der Waals surface area contributed by atoms with Crippen molar-refractivity contribution in [1.82, 2.24) is 30.2 Å². The summed E-state index contributed by atoms with van der Waals surface area (Å²) in [5, 5.41) is 4.03. The average Bonchev–Trinajstić information content (AvgIpc) is 2.68. The Morgan fingerprint density at radius 1 is 1.12 bits per heavy atom. The molecule has 0 aliphatic carbocycles. The third-order valence-corrected chi connectivity index (χ3v) is 4.29. The number of rotatable bonds is 3. The Balaban J connectivity index is 1.52. The van der Waals surface area contributed by atoms with E-state index < -0.39 is 0 Å². The van der Waals surface area contributed by atoms with E-state index in [-0.39, 0.29) is 11.9 Å². The number of piperidine rings is 1. The Morgan fingerprint density at radius 2 is 2.04 bits per heavy atom. The number of carbonyl (C=O) groups excluding carboxylic acids is 1. The molecule has 25 heavy (non-hydrogen) atoms. The summed E-state index contributed by atoms with van der Waals surface area (Å²) in [7, 11) is 0. The van der Waals surface area contributed by atoms with Gasteiger partial charge in [-0.2, -0.15) is 0 Å². The highest BCUT2D eigenvalue weighted by Gasteiger charge is 2.24. The summed E-state index contributed by atoms with van der Waals surface area (Å²) in [5.41, 5.74) is 1.20. The molecule has 8 nitrogen and oxygen atoms in total. The van der Waals surface area contributed by atoms with Gasteiger partial charge in [-0.3, -0.25) is 9.78 Å². The predicted octanol–water partition coefficient (Wildman–Crippen LogP) is 1.21. The molecule has 4 heterocycles. The quantitative estimate of drug-likeness (QED) is 0.768. The van der Waals surface area contributed by atoms with E-state index >= 15 is 0 Å². The Labute approximate surface area is 144 Å². The highest BCUT2D eigenvalue weighted by Crippen LogP contribution is 2.25. The smallest absolute Gasteiger partial charge is 0.270 e. The molecular formula is C17H17N7O. The van der Waals surface area contributed by atoms with Crippen LogP contribution in [0.25, 0.3) is 10.9 Å².